The Labute approximate surface area is 152 Å². The molecule has 0 radical (unpaired) electrons. The van der Waals surface area contributed by atoms with Crippen molar-refractivity contribution in [1.29, 1.82) is 0 Å². The van der Waals surface area contributed by atoms with Gasteiger partial charge in [-0.05, 0) is 36.8 Å². The fourth-order valence-corrected chi connectivity index (χ4v) is 3.65. The molecule has 0 aliphatic carbocycles. The Morgan fingerprint density at radius 2 is 1.78 bits per heavy atom. The molecule has 2 N–H and O–H groups in total. The Morgan fingerprint density at radius 3 is 2.33 bits per heavy atom. The molecule has 0 aliphatic heterocycles. The quantitative estimate of drug-likeness (QED) is 0.740. The summed E-state index contributed by atoms with van der Waals surface area (Å²) in [6, 6.07) is 6.19. The molecule has 0 saturated carbocycles. The van der Waals surface area contributed by atoms with E-state index in [2.05, 4.69) is 10.1 Å². The third-order valence-corrected chi connectivity index (χ3v) is 4.70. The minimum Gasteiger partial charge on any atom is -0.406 e. The SMILES string of the molecule is CC(=O)Nc1cc(C)c(S(=O)(=O)Nc2cccc(OC(F)(F)F)c2)c(F)c1. The fourth-order valence-electron chi connectivity index (χ4n) is 2.31. The highest BCUT2D eigenvalue weighted by Crippen LogP contribution is 2.29. The van der Waals surface area contributed by atoms with Gasteiger partial charge >= 0.3 is 6.36 Å². The van der Waals surface area contributed by atoms with Gasteiger partial charge < -0.3 is 10.1 Å². The molecule has 0 unspecified atom stereocenters. The third kappa shape index (κ3) is 5.58. The summed E-state index contributed by atoms with van der Waals surface area (Å²) in [4.78, 5) is 10.3. The van der Waals surface area contributed by atoms with Crippen LogP contribution in [0.4, 0.5) is 28.9 Å². The van der Waals surface area contributed by atoms with E-state index in [-0.39, 0.29) is 16.9 Å². The average Bonchev–Trinajstić information content (AvgIpc) is 2.42. The van der Waals surface area contributed by atoms with Crippen molar-refractivity contribution in [1.82, 2.24) is 0 Å². The number of halogens is 4. The van der Waals surface area contributed by atoms with Gasteiger partial charge in [0.25, 0.3) is 10.0 Å². The van der Waals surface area contributed by atoms with Crippen LogP contribution in [-0.4, -0.2) is 20.7 Å². The molecule has 2 aromatic carbocycles. The minimum absolute atomic E-state index is 0.00561. The zero-order valence-corrected chi connectivity index (χ0v) is 14.8. The summed E-state index contributed by atoms with van der Waals surface area (Å²) in [7, 11) is -4.45. The summed E-state index contributed by atoms with van der Waals surface area (Å²) in [5.74, 6) is -2.24. The molecule has 6 nitrogen and oxygen atoms in total. The monoisotopic (exact) mass is 406 g/mol. The Bertz CT molecular complexity index is 952. The van der Waals surface area contributed by atoms with E-state index in [0.717, 1.165) is 24.3 Å². The van der Waals surface area contributed by atoms with Crippen LogP contribution in [0.5, 0.6) is 5.75 Å². The molecular weight excluding hydrogens is 392 g/mol. The summed E-state index contributed by atoms with van der Waals surface area (Å²) in [5.41, 5.74) is -0.188. The lowest BCUT2D eigenvalue weighted by Gasteiger charge is -2.14. The summed E-state index contributed by atoms with van der Waals surface area (Å²) >= 11 is 0. The molecule has 2 aromatic rings. The van der Waals surface area contributed by atoms with E-state index in [1.807, 2.05) is 4.72 Å². The zero-order valence-electron chi connectivity index (χ0n) is 14.0. The van der Waals surface area contributed by atoms with Gasteiger partial charge in [0.05, 0.1) is 5.69 Å². The lowest BCUT2D eigenvalue weighted by atomic mass is 10.2. The molecule has 0 fully saturated rings. The summed E-state index contributed by atoms with van der Waals surface area (Å²) in [5, 5.41) is 2.33. The number of hydrogen-bond acceptors (Lipinski definition) is 4. The second-order valence-electron chi connectivity index (χ2n) is 5.47. The molecular formula is C16H14F4N2O4S. The Morgan fingerprint density at radius 1 is 1.11 bits per heavy atom. The van der Waals surface area contributed by atoms with Crippen molar-refractivity contribution >= 4 is 27.3 Å². The van der Waals surface area contributed by atoms with E-state index >= 15 is 0 Å². The van der Waals surface area contributed by atoms with Crippen LogP contribution in [-0.2, 0) is 14.8 Å². The number of carbonyl (C=O) groups is 1. The van der Waals surface area contributed by atoms with Crippen LogP contribution in [0.1, 0.15) is 12.5 Å². The van der Waals surface area contributed by atoms with Gasteiger partial charge in [0.2, 0.25) is 5.91 Å². The van der Waals surface area contributed by atoms with E-state index in [0.29, 0.717) is 0 Å². The number of rotatable bonds is 5. The van der Waals surface area contributed by atoms with Gasteiger partial charge in [-0.1, -0.05) is 6.07 Å². The van der Waals surface area contributed by atoms with Gasteiger partial charge in [0, 0.05) is 18.7 Å². The molecule has 0 heterocycles. The number of carbonyl (C=O) groups excluding carboxylic acids is 1. The van der Waals surface area contributed by atoms with Crippen molar-refractivity contribution in [3.05, 3.63) is 47.8 Å². The Kier molecular flexibility index (Phi) is 5.64. The van der Waals surface area contributed by atoms with Gasteiger partial charge in [0.1, 0.15) is 16.5 Å². The molecule has 0 spiro atoms. The second kappa shape index (κ2) is 7.43. The predicted molar refractivity (Wildman–Crippen MR) is 89.4 cm³/mol. The van der Waals surface area contributed by atoms with Gasteiger partial charge in [-0.15, -0.1) is 13.2 Å². The van der Waals surface area contributed by atoms with Crippen LogP contribution in [0.3, 0.4) is 0 Å². The number of ether oxygens (including phenoxy) is 1. The van der Waals surface area contributed by atoms with Crippen molar-refractivity contribution in [3.63, 3.8) is 0 Å². The number of anilines is 2. The normalized spacial score (nSPS) is 11.8. The predicted octanol–water partition coefficient (Wildman–Crippen LogP) is 3.79. The van der Waals surface area contributed by atoms with Crippen molar-refractivity contribution < 1.29 is 35.5 Å². The molecule has 11 heteroatoms. The number of hydrogen-bond donors (Lipinski definition) is 2. The van der Waals surface area contributed by atoms with Crippen LogP contribution in [0.15, 0.2) is 41.3 Å². The van der Waals surface area contributed by atoms with E-state index < -0.39 is 38.8 Å². The van der Waals surface area contributed by atoms with Crippen molar-refractivity contribution in [2.45, 2.75) is 25.1 Å². The van der Waals surface area contributed by atoms with Crippen LogP contribution in [0.25, 0.3) is 0 Å². The third-order valence-electron chi connectivity index (χ3n) is 3.14. The highest BCUT2D eigenvalue weighted by atomic mass is 32.2. The van der Waals surface area contributed by atoms with Crippen molar-refractivity contribution in [2.24, 2.45) is 0 Å². The topological polar surface area (TPSA) is 84.5 Å². The lowest BCUT2D eigenvalue weighted by Crippen LogP contribution is -2.18. The number of sulfonamides is 1. The minimum atomic E-state index is -4.94. The second-order valence-corrected chi connectivity index (χ2v) is 7.09. The van der Waals surface area contributed by atoms with Gasteiger partial charge in [-0.3, -0.25) is 9.52 Å². The average molecular weight is 406 g/mol. The largest absolute Gasteiger partial charge is 0.573 e. The molecule has 2 rings (SSSR count). The molecule has 1 amide bonds. The first-order valence-corrected chi connectivity index (χ1v) is 8.82. The maximum atomic E-state index is 14.3. The maximum absolute atomic E-state index is 14.3. The smallest absolute Gasteiger partial charge is 0.406 e. The van der Waals surface area contributed by atoms with Crippen LogP contribution in [0, 0.1) is 12.7 Å². The molecule has 146 valence electrons. The highest BCUT2D eigenvalue weighted by molar-refractivity contribution is 7.92. The standard InChI is InChI=1S/C16H14F4N2O4S/c1-9-6-12(21-10(2)23)8-14(17)15(9)27(24,25)22-11-4-3-5-13(7-11)26-16(18,19)20/h3-8,22H,1-2H3,(H,21,23). The first kappa shape index (κ1) is 20.5. The Balaban J connectivity index is 2.35. The maximum Gasteiger partial charge on any atom is 0.573 e. The highest BCUT2D eigenvalue weighted by Gasteiger charge is 2.31. The van der Waals surface area contributed by atoms with Crippen molar-refractivity contribution in [2.75, 3.05) is 10.0 Å². The molecule has 27 heavy (non-hydrogen) atoms. The first-order valence-electron chi connectivity index (χ1n) is 7.34. The van der Waals surface area contributed by atoms with E-state index in [1.54, 1.807) is 0 Å². The molecule has 0 aromatic heterocycles. The number of alkyl halides is 3. The van der Waals surface area contributed by atoms with E-state index in [9.17, 15) is 30.8 Å². The van der Waals surface area contributed by atoms with Crippen LogP contribution >= 0.6 is 0 Å². The number of benzene rings is 2. The van der Waals surface area contributed by atoms with Crippen LogP contribution in [0.2, 0.25) is 0 Å². The lowest BCUT2D eigenvalue weighted by molar-refractivity contribution is -0.274. The van der Waals surface area contributed by atoms with Gasteiger partial charge in [-0.25, -0.2) is 12.8 Å². The fraction of sp³-hybridized carbons (Fsp3) is 0.188. The summed E-state index contributed by atoms with van der Waals surface area (Å²) in [6.45, 7) is 2.52. The summed E-state index contributed by atoms with van der Waals surface area (Å²) in [6.07, 6.45) is -4.94. The number of amides is 1. The van der Waals surface area contributed by atoms with E-state index in [1.165, 1.54) is 26.0 Å². The molecule has 0 bridgehead atoms. The zero-order chi connectivity index (χ0) is 20.4. The molecule has 0 atom stereocenters. The number of aryl methyl sites for hydroxylation is 1. The van der Waals surface area contributed by atoms with Crippen LogP contribution < -0.4 is 14.8 Å². The Hall–Kier alpha value is -2.82. The summed E-state index contributed by atoms with van der Waals surface area (Å²) < 4.78 is 81.8. The molecule has 0 aliphatic rings. The van der Waals surface area contributed by atoms with Gasteiger partial charge in [-0.2, -0.15) is 0 Å². The van der Waals surface area contributed by atoms with E-state index in [4.69, 9.17) is 0 Å². The number of nitrogens with one attached hydrogen (secondary N) is 2. The first-order chi connectivity index (χ1) is 12.4. The molecule has 0 saturated heterocycles. The van der Waals surface area contributed by atoms with Gasteiger partial charge in [0.15, 0.2) is 0 Å². The van der Waals surface area contributed by atoms with Crippen molar-refractivity contribution in [3.8, 4) is 5.75 Å².